The first-order valence-corrected chi connectivity index (χ1v) is 7.70. The summed E-state index contributed by atoms with van der Waals surface area (Å²) < 4.78 is 0. The van der Waals surface area contributed by atoms with Crippen LogP contribution in [0.3, 0.4) is 0 Å². The zero-order valence-electron chi connectivity index (χ0n) is 11.3. The van der Waals surface area contributed by atoms with Gasteiger partial charge in [-0.25, -0.2) is 0 Å². The fraction of sp³-hybridized carbons (Fsp3) is 0.556. The lowest BCUT2D eigenvalue weighted by Gasteiger charge is -2.21. The fourth-order valence-corrected chi connectivity index (χ4v) is 3.83. The summed E-state index contributed by atoms with van der Waals surface area (Å²) in [5.41, 5.74) is 3.20. The highest BCUT2D eigenvalue weighted by molar-refractivity contribution is 5.54. The van der Waals surface area contributed by atoms with Gasteiger partial charge in [0.1, 0.15) is 0 Å². The topological polar surface area (TPSA) is 0 Å². The van der Waals surface area contributed by atoms with Gasteiger partial charge in [-0.1, -0.05) is 67.7 Å². The van der Waals surface area contributed by atoms with Gasteiger partial charge in [0.05, 0.1) is 0 Å². The third kappa shape index (κ3) is 2.68. The van der Waals surface area contributed by atoms with Crippen molar-refractivity contribution in [3.63, 3.8) is 0 Å². The van der Waals surface area contributed by atoms with E-state index in [1.807, 2.05) is 0 Å². The molecule has 0 aromatic heterocycles. The Morgan fingerprint density at radius 1 is 0.778 bits per heavy atom. The molecule has 2 saturated carbocycles. The van der Waals surface area contributed by atoms with E-state index in [1.165, 1.54) is 56.9 Å². The molecule has 0 atom stereocenters. The van der Waals surface area contributed by atoms with Crippen LogP contribution >= 0.6 is 0 Å². The van der Waals surface area contributed by atoms with Gasteiger partial charge in [0, 0.05) is 0 Å². The second kappa shape index (κ2) is 5.73. The monoisotopic (exact) mass is 240 g/mol. The predicted octanol–water partition coefficient (Wildman–Crippen LogP) is 5.45. The van der Waals surface area contributed by atoms with E-state index in [4.69, 9.17) is 0 Å². The van der Waals surface area contributed by atoms with Crippen molar-refractivity contribution in [1.29, 1.82) is 0 Å². The van der Waals surface area contributed by atoms with Crippen LogP contribution in [0, 0.1) is 11.8 Å². The van der Waals surface area contributed by atoms with Gasteiger partial charge >= 0.3 is 0 Å². The maximum absolute atomic E-state index is 2.52. The molecule has 1 aromatic rings. The van der Waals surface area contributed by atoms with E-state index in [0.29, 0.717) is 0 Å². The van der Waals surface area contributed by atoms with Crippen LogP contribution in [0.15, 0.2) is 35.9 Å². The highest BCUT2D eigenvalue weighted by Crippen LogP contribution is 2.42. The molecule has 0 radical (unpaired) electrons. The summed E-state index contributed by atoms with van der Waals surface area (Å²) in [6.07, 6.45) is 14.1. The largest absolute Gasteiger partial charge is 0.0634 e. The quantitative estimate of drug-likeness (QED) is 0.659. The lowest BCUT2D eigenvalue weighted by Crippen LogP contribution is -2.08. The Bertz CT molecular complexity index is 371. The number of hydrogen-bond acceptors (Lipinski definition) is 0. The predicted molar refractivity (Wildman–Crippen MR) is 78.3 cm³/mol. The first-order chi connectivity index (χ1) is 8.93. The van der Waals surface area contributed by atoms with Gasteiger partial charge in [-0.15, -0.1) is 0 Å². The Labute approximate surface area is 111 Å². The van der Waals surface area contributed by atoms with Crippen LogP contribution in [0.25, 0.3) is 6.08 Å². The van der Waals surface area contributed by atoms with E-state index in [9.17, 15) is 0 Å². The minimum Gasteiger partial charge on any atom is -0.0634 e. The second-order valence-corrected chi connectivity index (χ2v) is 6.02. The SMILES string of the molecule is C(=C(C1CCCC1)C1CCCC1)c1ccccc1. The molecule has 0 N–H and O–H groups in total. The van der Waals surface area contributed by atoms with Crippen molar-refractivity contribution in [1.82, 2.24) is 0 Å². The molecule has 0 spiro atoms. The zero-order chi connectivity index (χ0) is 12.2. The first-order valence-electron chi connectivity index (χ1n) is 7.70. The molecule has 0 heterocycles. The van der Waals surface area contributed by atoms with Gasteiger partial charge < -0.3 is 0 Å². The van der Waals surface area contributed by atoms with Crippen LogP contribution in [0.5, 0.6) is 0 Å². The molecule has 2 aliphatic carbocycles. The highest BCUT2D eigenvalue weighted by atomic mass is 14.3. The number of hydrogen-bond donors (Lipinski definition) is 0. The van der Waals surface area contributed by atoms with Gasteiger partial charge in [0.25, 0.3) is 0 Å². The highest BCUT2D eigenvalue weighted by Gasteiger charge is 2.27. The molecule has 96 valence electrons. The summed E-state index contributed by atoms with van der Waals surface area (Å²) in [7, 11) is 0. The molecule has 2 aliphatic rings. The molecule has 18 heavy (non-hydrogen) atoms. The Hall–Kier alpha value is -1.04. The first kappa shape index (κ1) is 12.0. The minimum absolute atomic E-state index is 0.897. The van der Waals surface area contributed by atoms with Gasteiger partial charge in [-0.2, -0.15) is 0 Å². The van der Waals surface area contributed by atoms with E-state index in [0.717, 1.165) is 11.8 Å². The van der Waals surface area contributed by atoms with Gasteiger partial charge in [0.2, 0.25) is 0 Å². The molecule has 0 amide bonds. The van der Waals surface area contributed by atoms with Gasteiger partial charge in [-0.05, 0) is 43.1 Å². The Morgan fingerprint density at radius 3 is 1.78 bits per heavy atom. The molecule has 0 aliphatic heterocycles. The standard InChI is InChI=1S/C18H24/c1-2-8-15(9-3-1)14-18(16-10-4-5-11-16)17-12-6-7-13-17/h1-3,8-9,14,16-17H,4-7,10-13H2. The van der Waals surface area contributed by atoms with Crippen molar-refractivity contribution >= 4 is 6.08 Å². The fourth-order valence-electron chi connectivity index (χ4n) is 3.83. The Kier molecular flexibility index (Phi) is 3.83. The lowest BCUT2D eigenvalue weighted by molar-refractivity contribution is 0.519. The zero-order valence-corrected chi connectivity index (χ0v) is 11.3. The number of benzene rings is 1. The molecule has 3 rings (SSSR count). The Balaban J connectivity index is 1.86. The average Bonchev–Trinajstić information content (AvgIpc) is 3.11. The molecule has 0 saturated heterocycles. The van der Waals surface area contributed by atoms with E-state index >= 15 is 0 Å². The van der Waals surface area contributed by atoms with E-state index in [1.54, 1.807) is 5.57 Å². The molecule has 0 nitrogen and oxygen atoms in total. The molecule has 0 bridgehead atoms. The summed E-state index contributed by atoms with van der Waals surface area (Å²) in [6, 6.07) is 10.9. The number of allylic oxidation sites excluding steroid dienone is 1. The summed E-state index contributed by atoms with van der Waals surface area (Å²) >= 11 is 0. The summed E-state index contributed by atoms with van der Waals surface area (Å²) in [6.45, 7) is 0. The van der Waals surface area contributed by atoms with Crippen molar-refractivity contribution in [2.75, 3.05) is 0 Å². The smallest absolute Gasteiger partial charge is 0.0197 e. The molecular weight excluding hydrogens is 216 g/mol. The van der Waals surface area contributed by atoms with Gasteiger partial charge in [-0.3, -0.25) is 0 Å². The summed E-state index contributed by atoms with van der Waals surface area (Å²) in [5, 5.41) is 0. The van der Waals surface area contributed by atoms with Crippen molar-refractivity contribution in [3.05, 3.63) is 41.5 Å². The molecule has 1 aromatic carbocycles. The molecule has 0 heteroatoms. The third-order valence-electron chi connectivity index (χ3n) is 4.79. The normalized spacial score (nSPS) is 21.3. The number of rotatable bonds is 3. The van der Waals surface area contributed by atoms with Crippen molar-refractivity contribution in [3.8, 4) is 0 Å². The van der Waals surface area contributed by atoms with Crippen molar-refractivity contribution in [2.24, 2.45) is 11.8 Å². The maximum Gasteiger partial charge on any atom is -0.0197 e. The van der Waals surface area contributed by atoms with Crippen LogP contribution in [0.2, 0.25) is 0 Å². The van der Waals surface area contributed by atoms with Crippen LogP contribution in [0.1, 0.15) is 56.9 Å². The maximum atomic E-state index is 2.52. The van der Waals surface area contributed by atoms with Crippen molar-refractivity contribution in [2.45, 2.75) is 51.4 Å². The van der Waals surface area contributed by atoms with Crippen LogP contribution in [0.4, 0.5) is 0 Å². The van der Waals surface area contributed by atoms with Crippen LogP contribution in [-0.4, -0.2) is 0 Å². The minimum atomic E-state index is 0.897. The molecular formula is C18H24. The average molecular weight is 240 g/mol. The Morgan fingerprint density at radius 2 is 1.28 bits per heavy atom. The molecule has 0 unspecified atom stereocenters. The van der Waals surface area contributed by atoms with E-state index in [2.05, 4.69) is 36.4 Å². The second-order valence-electron chi connectivity index (χ2n) is 6.02. The van der Waals surface area contributed by atoms with Gasteiger partial charge in [0.15, 0.2) is 0 Å². The van der Waals surface area contributed by atoms with Crippen LogP contribution < -0.4 is 0 Å². The third-order valence-corrected chi connectivity index (χ3v) is 4.79. The van der Waals surface area contributed by atoms with E-state index < -0.39 is 0 Å². The van der Waals surface area contributed by atoms with E-state index in [-0.39, 0.29) is 0 Å². The molecule has 2 fully saturated rings. The van der Waals surface area contributed by atoms with Crippen molar-refractivity contribution < 1.29 is 0 Å². The summed E-state index contributed by atoms with van der Waals surface area (Å²) in [4.78, 5) is 0. The summed E-state index contributed by atoms with van der Waals surface area (Å²) in [5.74, 6) is 1.79. The van der Waals surface area contributed by atoms with Crippen LogP contribution in [-0.2, 0) is 0 Å². The lowest BCUT2D eigenvalue weighted by atomic mass is 9.84.